The monoisotopic (exact) mass is 1020 g/mol. The van der Waals surface area contributed by atoms with E-state index in [-0.39, 0.29) is 82.5 Å². The van der Waals surface area contributed by atoms with Crippen molar-refractivity contribution in [2.45, 2.75) is 102 Å². The van der Waals surface area contributed by atoms with Crippen molar-refractivity contribution in [1.29, 1.82) is 0 Å². The highest BCUT2D eigenvalue weighted by molar-refractivity contribution is 5.89. The van der Waals surface area contributed by atoms with Crippen LogP contribution in [0.2, 0.25) is 0 Å². The molecule has 22 nitrogen and oxygen atoms in total. The number of hydrogen-bond acceptors (Lipinski definition) is 14. The number of Topliss-reactive ketones (excluding diaryl/α,β-unsaturated/α-hetero) is 1. The summed E-state index contributed by atoms with van der Waals surface area (Å²) >= 11 is 0. The lowest BCUT2D eigenvalue weighted by atomic mass is 10.0. The molecule has 2 atom stereocenters. The van der Waals surface area contributed by atoms with E-state index in [1.54, 1.807) is 6.92 Å². The molecule has 1 aliphatic heterocycles. The van der Waals surface area contributed by atoms with Gasteiger partial charge in [0.05, 0.1) is 32.3 Å². The second kappa shape index (κ2) is 38.4. The lowest BCUT2D eigenvalue weighted by molar-refractivity contribution is -0.146. The molecule has 1 aromatic rings. The van der Waals surface area contributed by atoms with E-state index in [0.717, 1.165) is 25.9 Å². The zero-order valence-electron chi connectivity index (χ0n) is 43.1. The number of benzene rings is 1. The number of ketones is 1. The van der Waals surface area contributed by atoms with Crippen molar-refractivity contribution in [2.24, 2.45) is 0 Å². The van der Waals surface area contributed by atoms with Crippen molar-refractivity contribution in [3.8, 4) is 0 Å². The summed E-state index contributed by atoms with van der Waals surface area (Å²) in [6, 6.07) is 8.52. The molecule has 0 radical (unpaired) electrons. The number of amides is 5. The number of urea groups is 1. The highest BCUT2D eigenvalue weighted by atomic mass is 16.5. The largest absolute Gasteiger partial charge is 0.481 e. The third kappa shape index (κ3) is 32.7. The summed E-state index contributed by atoms with van der Waals surface area (Å²) in [7, 11) is 4.05. The second-order valence-electron chi connectivity index (χ2n) is 18.6. The molecule has 0 saturated carbocycles. The lowest BCUT2D eigenvalue weighted by Gasteiger charge is -2.31. The van der Waals surface area contributed by atoms with Gasteiger partial charge in [-0.2, -0.15) is 0 Å². The predicted octanol–water partition coefficient (Wildman–Crippen LogP) is 1.36. The number of nitrogens with one attached hydrogen (secondary N) is 4. The van der Waals surface area contributed by atoms with Gasteiger partial charge >= 0.3 is 23.9 Å². The first-order chi connectivity index (χ1) is 34.5. The Bertz CT molecular complexity index is 1760. The summed E-state index contributed by atoms with van der Waals surface area (Å²) in [5.41, 5.74) is 1.18. The summed E-state index contributed by atoms with van der Waals surface area (Å²) in [6.07, 6.45) is 6.01. The third-order valence-electron chi connectivity index (χ3n) is 12.1. The van der Waals surface area contributed by atoms with Crippen LogP contribution in [-0.4, -0.2) is 231 Å². The van der Waals surface area contributed by atoms with Crippen LogP contribution in [0.5, 0.6) is 0 Å². The number of hydrogen-bond donors (Lipinski definition) is 7. The van der Waals surface area contributed by atoms with E-state index in [0.29, 0.717) is 110 Å². The molecule has 1 aromatic carbocycles. The number of aryl methyl sites for hydroxylation is 1. The Labute approximate surface area is 425 Å². The molecule has 1 aliphatic rings. The summed E-state index contributed by atoms with van der Waals surface area (Å²) in [6.45, 7) is 7.37. The van der Waals surface area contributed by atoms with Crippen molar-refractivity contribution in [3.05, 3.63) is 35.9 Å². The van der Waals surface area contributed by atoms with E-state index in [1.165, 1.54) is 10.5 Å². The van der Waals surface area contributed by atoms with Gasteiger partial charge in [-0.25, -0.2) is 4.79 Å². The molecule has 0 aliphatic carbocycles. The number of nitrogens with zero attached hydrogens (tertiary/aromatic N) is 5. The molecule has 2 rings (SSSR count). The smallest absolute Gasteiger partial charge is 0.323 e. The summed E-state index contributed by atoms with van der Waals surface area (Å²) in [4.78, 5) is 108. The molecule has 1 heterocycles. The molecule has 0 aromatic heterocycles. The van der Waals surface area contributed by atoms with Crippen LogP contribution in [0.1, 0.15) is 89.5 Å². The first-order valence-electron chi connectivity index (χ1n) is 25.6. The third-order valence-corrected chi connectivity index (χ3v) is 12.1. The van der Waals surface area contributed by atoms with Crippen molar-refractivity contribution in [3.63, 3.8) is 0 Å². The fraction of sp³-hybridized carbons (Fsp3) is 0.720. The molecule has 5 amide bonds. The first kappa shape index (κ1) is 62.9. The fourth-order valence-corrected chi connectivity index (χ4v) is 7.79. The minimum absolute atomic E-state index is 0.0312. The van der Waals surface area contributed by atoms with Gasteiger partial charge in [-0.3, -0.25) is 43.4 Å². The number of rotatable bonds is 36. The molecular weight excluding hydrogens is 935 g/mol. The standard InChI is InChI=1S/C50H85N9O13/c1-40(20-21-47(64)65)53-50(70)52-23-9-5-11-24-59(38-49(68)69)46(63)39-72-35-34-71-33-13-18-43(60)42(17-8-10-22-51-44(61)19-12-16-41-14-6-4-7-15-41)54-45(62)36-57-29-27-55(2)25-26-56(3)28-30-58(32-31-57)37-48(66)67/h4,6-7,14-15,40,42H,5,8-13,16-39H2,1-3H3,(H,51,61)(H,54,62)(H,64,65)(H,66,67)(H,68,69)(H2,52,53,70)/t40-,42+/m1/s1. The Hall–Kier alpha value is -5.26. The SMILES string of the molecule is C[C@H](CCC(=O)O)NC(=O)NCCCCCN(CC(=O)O)C(=O)COCCOCCCC(=O)[C@H](CCCCNC(=O)CCCc1ccccc1)NC(=O)CN1CCN(C)CCN(C)CCN(CC(=O)O)CC1. The zero-order valence-corrected chi connectivity index (χ0v) is 43.1. The summed E-state index contributed by atoms with van der Waals surface area (Å²) in [5.74, 6) is -3.99. The van der Waals surface area contributed by atoms with Crippen LogP contribution in [0.15, 0.2) is 30.3 Å². The molecule has 1 saturated heterocycles. The van der Waals surface area contributed by atoms with E-state index < -0.39 is 42.4 Å². The number of unbranched alkanes of at least 4 members (excludes halogenated alkanes) is 3. The van der Waals surface area contributed by atoms with Crippen LogP contribution in [0.4, 0.5) is 4.79 Å². The van der Waals surface area contributed by atoms with E-state index in [9.17, 15) is 48.6 Å². The normalized spacial score (nSPS) is 15.3. The second-order valence-corrected chi connectivity index (χ2v) is 18.6. The van der Waals surface area contributed by atoms with Crippen LogP contribution in [-0.2, 0) is 49.5 Å². The van der Waals surface area contributed by atoms with Crippen LogP contribution < -0.4 is 21.3 Å². The maximum absolute atomic E-state index is 13.7. The molecule has 0 bridgehead atoms. The quantitative estimate of drug-likeness (QED) is 0.0468. The maximum atomic E-state index is 13.7. The maximum Gasteiger partial charge on any atom is 0.323 e. The summed E-state index contributed by atoms with van der Waals surface area (Å²) in [5, 5.41) is 39.0. The van der Waals surface area contributed by atoms with Gasteiger partial charge in [-0.15, -0.1) is 0 Å². The molecule has 0 spiro atoms. The van der Waals surface area contributed by atoms with E-state index in [1.807, 2.05) is 54.2 Å². The van der Waals surface area contributed by atoms with Gasteiger partial charge in [-0.05, 0) is 90.8 Å². The van der Waals surface area contributed by atoms with Gasteiger partial charge in [-0.1, -0.05) is 30.3 Å². The zero-order chi connectivity index (χ0) is 52.9. The Balaban J connectivity index is 1.84. The topological polar surface area (TPSA) is 280 Å². The van der Waals surface area contributed by atoms with Gasteiger partial charge in [0, 0.05) is 104 Å². The van der Waals surface area contributed by atoms with Crippen molar-refractivity contribution in [2.75, 3.05) is 132 Å². The van der Waals surface area contributed by atoms with Crippen molar-refractivity contribution < 1.29 is 63.1 Å². The predicted molar refractivity (Wildman–Crippen MR) is 270 cm³/mol. The first-order valence-corrected chi connectivity index (χ1v) is 25.6. The van der Waals surface area contributed by atoms with Gasteiger partial charge in [0.15, 0.2) is 5.78 Å². The van der Waals surface area contributed by atoms with E-state index in [4.69, 9.17) is 14.6 Å². The number of carboxylic acids is 3. The van der Waals surface area contributed by atoms with Crippen LogP contribution in [0.3, 0.4) is 0 Å². The Morgan fingerprint density at radius 1 is 0.611 bits per heavy atom. The minimum Gasteiger partial charge on any atom is -0.481 e. The van der Waals surface area contributed by atoms with Crippen LogP contribution >= 0.6 is 0 Å². The lowest BCUT2D eigenvalue weighted by Crippen LogP contribution is -2.49. The summed E-state index contributed by atoms with van der Waals surface area (Å²) < 4.78 is 11.1. The number of carboxylic acid groups (broad SMARTS) is 3. The van der Waals surface area contributed by atoms with Gasteiger partial charge in [0.2, 0.25) is 17.7 Å². The van der Waals surface area contributed by atoms with E-state index >= 15 is 0 Å². The number of likely N-dealkylation sites (N-methyl/N-ethyl adjacent to an activating group) is 2. The van der Waals surface area contributed by atoms with E-state index in [2.05, 4.69) is 31.1 Å². The van der Waals surface area contributed by atoms with Crippen LogP contribution in [0.25, 0.3) is 0 Å². The number of carbonyl (C=O) groups is 8. The molecule has 1 fully saturated rings. The molecule has 408 valence electrons. The Morgan fingerprint density at radius 2 is 1.24 bits per heavy atom. The van der Waals surface area contributed by atoms with Crippen molar-refractivity contribution >= 4 is 47.4 Å². The average Bonchev–Trinajstić information content (AvgIpc) is 3.33. The van der Waals surface area contributed by atoms with Crippen LogP contribution in [0, 0.1) is 0 Å². The molecule has 72 heavy (non-hydrogen) atoms. The van der Waals surface area contributed by atoms with Gasteiger partial charge in [0.1, 0.15) is 13.2 Å². The van der Waals surface area contributed by atoms with Gasteiger partial charge < -0.3 is 60.8 Å². The van der Waals surface area contributed by atoms with Crippen molar-refractivity contribution in [1.82, 2.24) is 45.8 Å². The van der Waals surface area contributed by atoms with Gasteiger partial charge in [0.25, 0.3) is 0 Å². The number of ether oxygens (including phenoxy) is 2. The fourth-order valence-electron chi connectivity index (χ4n) is 7.79. The Kier molecular flexibility index (Phi) is 33.5. The highest BCUT2D eigenvalue weighted by Gasteiger charge is 2.23. The minimum atomic E-state index is -1.16. The Morgan fingerprint density at radius 3 is 1.90 bits per heavy atom. The number of carbonyl (C=O) groups excluding carboxylic acids is 5. The molecule has 0 unspecified atom stereocenters. The average molecular weight is 1020 g/mol. The molecule has 7 N–H and O–H groups in total. The molecule has 22 heteroatoms. The highest BCUT2D eigenvalue weighted by Crippen LogP contribution is 2.09. The number of aliphatic carboxylic acids is 3. The molecular formula is C50H85N9O13.